The SMILES string of the molecule is CCOC(=O)c1c(C(C)C)nc(C(C)C)c(C(O[Si](C)C)C(C)(C)C)c1-c1ccc(F)cc1. The van der Waals surface area contributed by atoms with Crippen LogP contribution in [-0.2, 0) is 9.16 Å². The molecule has 0 amide bonds. The van der Waals surface area contributed by atoms with Crippen molar-refractivity contribution in [2.45, 2.75) is 86.4 Å². The Hall–Kier alpha value is -2.05. The molecular weight excluding hydrogens is 433 g/mol. The van der Waals surface area contributed by atoms with Crippen molar-refractivity contribution in [2.75, 3.05) is 6.61 Å². The molecule has 6 heteroatoms. The normalized spacial score (nSPS) is 13.2. The molecule has 0 bridgehead atoms. The third-order valence-corrected chi connectivity index (χ3v) is 6.11. The fourth-order valence-corrected chi connectivity index (χ4v) is 4.93. The van der Waals surface area contributed by atoms with Crippen LogP contribution in [0.25, 0.3) is 11.1 Å². The van der Waals surface area contributed by atoms with Gasteiger partial charge in [0.05, 0.1) is 24.0 Å². The van der Waals surface area contributed by atoms with Gasteiger partial charge in [-0.25, -0.2) is 9.18 Å². The molecular formula is C27H39FNO3Si. The van der Waals surface area contributed by atoms with Crippen LogP contribution in [0.2, 0.25) is 13.1 Å². The largest absolute Gasteiger partial charge is 0.462 e. The molecule has 0 aliphatic carbocycles. The zero-order valence-electron chi connectivity index (χ0n) is 21.8. The Morgan fingerprint density at radius 1 is 1.03 bits per heavy atom. The van der Waals surface area contributed by atoms with Crippen molar-refractivity contribution in [3.63, 3.8) is 0 Å². The van der Waals surface area contributed by atoms with Crippen molar-refractivity contribution in [2.24, 2.45) is 5.41 Å². The van der Waals surface area contributed by atoms with Gasteiger partial charge in [-0.05, 0) is 55.0 Å². The monoisotopic (exact) mass is 472 g/mol. The number of hydrogen-bond acceptors (Lipinski definition) is 4. The van der Waals surface area contributed by atoms with Crippen molar-refractivity contribution >= 4 is 15.0 Å². The Labute approximate surface area is 200 Å². The molecule has 4 nitrogen and oxygen atoms in total. The van der Waals surface area contributed by atoms with E-state index < -0.39 is 15.0 Å². The summed E-state index contributed by atoms with van der Waals surface area (Å²) in [5.74, 6) is -0.626. The molecule has 0 aliphatic heterocycles. The van der Waals surface area contributed by atoms with Gasteiger partial charge in [-0.2, -0.15) is 0 Å². The van der Waals surface area contributed by atoms with Crippen molar-refractivity contribution in [1.82, 2.24) is 4.98 Å². The van der Waals surface area contributed by atoms with E-state index >= 15 is 0 Å². The summed E-state index contributed by atoms with van der Waals surface area (Å²) in [6.07, 6.45) is -0.291. The topological polar surface area (TPSA) is 48.4 Å². The van der Waals surface area contributed by atoms with E-state index in [0.29, 0.717) is 11.3 Å². The van der Waals surface area contributed by atoms with Gasteiger partial charge in [0.2, 0.25) is 9.04 Å². The van der Waals surface area contributed by atoms with Gasteiger partial charge in [0.1, 0.15) is 5.82 Å². The summed E-state index contributed by atoms with van der Waals surface area (Å²) in [4.78, 5) is 18.5. The highest BCUT2D eigenvalue weighted by Crippen LogP contribution is 2.47. The van der Waals surface area contributed by atoms with Gasteiger partial charge < -0.3 is 9.16 Å². The number of ether oxygens (including phenoxy) is 1. The predicted molar refractivity (Wildman–Crippen MR) is 135 cm³/mol. The number of carbonyl (C=O) groups is 1. The Kier molecular flexibility index (Phi) is 8.99. The van der Waals surface area contributed by atoms with Gasteiger partial charge in [-0.3, -0.25) is 4.98 Å². The lowest BCUT2D eigenvalue weighted by molar-refractivity contribution is 0.0523. The van der Waals surface area contributed by atoms with Crippen molar-refractivity contribution in [1.29, 1.82) is 0 Å². The summed E-state index contributed by atoms with van der Waals surface area (Å²) in [5, 5.41) is 0. The Balaban J connectivity index is 3.14. The van der Waals surface area contributed by atoms with Crippen LogP contribution < -0.4 is 0 Å². The molecule has 181 valence electrons. The second kappa shape index (κ2) is 10.9. The van der Waals surface area contributed by atoms with Crippen LogP contribution in [0, 0.1) is 11.2 Å². The Morgan fingerprint density at radius 2 is 1.58 bits per heavy atom. The lowest BCUT2D eigenvalue weighted by atomic mass is 9.77. The van der Waals surface area contributed by atoms with E-state index in [1.54, 1.807) is 19.1 Å². The highest BCUT2D eigenvalue weighted by molar-refractivity contribution is 6.48. The van der Waals surface area contributed by atoms with Crippen LogP contribution in [0.3, 0.4) is 0 Å². The van der Waals surface area contributed by atoms with E-state index in [9.17, 15) is 9.18 Å². The number of rotatable bonds is 8. The van der Waals surface area contributed by atoms with E-state index in [-0.39, 0.29) is 35.8 Å². The maximum Gasteiger partial charge on any atom is 0.340 e. The molecule has 0 aliphatic rings. The van der Waals surface area contributed by atoms with Gasteiger partial charge in [0.25, 0.3) is 0 Å². The maximum absolute atomic E-state index is 13.9. The minimum absolute atomic E-state index is 0.00105. The quantitative estimate of drug-likeness (QED) is 0.292. The second-order valence-electron chi connectivity index (χ2n) is 10.4. The third-order valence-electron chi connectivity index (χ3n) is 5.40. The summed E-state index contributed by atoms with van der Waals surface area (Å²) >= 11 is 0. The van der Waals surface area contributed by atoms with Crippen LogP contribution in [0.1, 0.15) is 101 Å². The number of pyridine rings is 1. The fraction of sp³-hybridized carbons (Fsp3) is 0.556. The average Bonchev–Trinajstić information content (AvgIpc) is 2.70. The smallest absolute Gasteiger partial charge is 0.340 e. The fourth-order valence-electron chi connectivity index (χ4n) is 3.99. The summed E-state index contributed by atoms with van der Waals surface area (Å²) in [5.41, 5.74) is 4.23. The first-order chi connectivity index (χ1) is 15.3. The second-order valence-corrected chi connectivity index (χ2v) is 12.4. The van der Waals surface area contributed by atoms with Crippen LogP contribution in [-0.4, -0.2) is 26.6 Å². The first kappa shape index (κ1) is 27.2. The van der Waals surface area contributed by atoms with Crippen molar-refractivity contribution in [3.05, 3.63) is 52.6 Å². The molecule has 0 fully saturated rings. The van der Waals surface area contributed by atoms with Gasteiger partial charge >= 0.3 is 5.97 Å². The van der Waals surface area contributed by atoms with Crippen molar-refractivity contribution in [3.8, 4) is 11.1 Å². The molecule has 1 aromatic heterocycles. The molecule has 0 N–H and O–H groups in total. The van der Waals surface area contributed by atoms with Crippen LogP contribution >= 0.6 is 0 Å². The van der Waals surface area contributed by atoms with Crippen molar-refractivity contribution < 1.29 is 18.3 Å². The molecule has 1 radical (unpaired) electrons. The Morgan fingerprint density at radius 3 is 2.00 bits per heavy atom. The van der Waals surface area contributed by atoms with Crippen LogP contribution in [0.15, 0.2) is 24.3 Å². The molecule has 1 aromatic carbocycles. The minimum Gasteiger partial charge on any atom is -0.462 e. The molecule has 0 saturated heterocycles. The van der Waals surface area contributed by atoms with Crippen LogP contribution in [0.4, 0.5) is 4.39 Å². The first-order valence-electron chi connectivity index (χ1n) is 11.8. The number of aromatic nitrogens is 1. The molecule has 0 spiro atoms. The van der Waals surface area contributed by atoms with Crippen LogP contribution in [0.5, 0.6) is 0 Å². The van der Waals surface area contributed by atoms with Gasteiger partial charge in [-0.1, -0.05) is 60.6 Å². The van der Waals surface area contributed by atoms with E-state index in [2.05, 4.69) is 47.7 Å². The first-order valence-corrected chi connectivity index (χ1v) is 14.2. The van der Waals surface area contributed by atoms with E-state index in [0.717, 1.165) is 22.4 Å². The lowest BCUT2D eigenvalue weighted by Gasteiger charge is -2.37. The summed E-state index contributed by atoms with van der Waals surface area (Å²) in [7, 11) is -1.08. The summed E-state index contributed by atoms with van der Waals surface area (Å²) in [6, 6.07) is 6.32. The Bertz CT molecular complexity index is 963. The highest BCUT2D eigenvalue weighted by atomic mass is 28.3. The molecule has 1 heterocycles. The number of esters is 1. The highest BCUT2D eigenvalue weighted by Gasteiger charge is 2.37. The molecule has 0 saturated carbocycles. The minimum atomic E-state index is -1.08. The molecule has 2 aromatic rings. The maximum atomic E-state index is 13.9. The number of carbonyl (C=O) groups excluding carboxylic acids is 1. The zero-order valence-corrected chi connectivity index (χ0v) is 22.8. The number of halogens is 1. The van der Waals surface area contributed by atoms with E-state index in [1.165, 1.54) is 12.1 Å². The standard InChI is InChI=1S/C27H39FNO3Si/c1-11-31-26(30)22-20(18-12-14-19(28)15-13-18)21(25(27(6,7)8)32-33(9)10)23(16(2)3)29-24(22)17(4)5/h12-17,25H,11H2,1-10H3. The van der Waals surface area contributed by atoms with Gasteiger partial charge in [0.15, 0.2) is 0 Å². The molecule has 2 rings (SSSR count). The van der Waals surface area contributed by atoms with Gasteiger partial charge in [0, 0.05) is 16.8 Å². The predicted octanol–water partition coefficient (Wildman–Crippen LogP) is 7.67. The third kappa shape index (κ3) is 6.30. The zero-order chi connectivity index (χ0) is 25.1. The lowest BCUT2D eigenvalue weighted by Crippen LogP contribution is -2.29. The molecule has 1 unspecified atom stereocenters. The summed E-state index contributed by atoms with van der Waals surface area (Å²) in [6.45, 7) is 21.0. The summed E-state index contributed by atoms with van der Waals surface area (Å²) < 4.78 is 26.0. The van der Waals surface area contributed by atoms with E-state index in [1.807, 2.05) is 13.8 Å². The molecule has 33 heavy (non-hydrogen) atoms. The van der Waals surface area contributed by atoms with Gasteiger partial charge in [-0.15, -0.1) is 0 Å². The average molecular weight is 473 g/mol. The number of nitrogens with zero attached hydrogens (tertiary/aromatic N) is 1. The molecule has 1 atom stereocenters. The number of hydrogen-bond donors (Lipinski definition) is 0. The number of benzene rings is 1. The van der Waals surface area contributed by atoms with E-state index in [4.69, 9.17) is 14.1 Å².